The molecular weight excluding hydrogens is 152 g/mol. The van der Waals surface area contributed by atoms with Crippen molar-refractivity contribution in [2.45, 2.75) is 0 Å². The van der Waals surface area contributed by atoms with Crippen LogP contribution >= 0.6 is 0 Å². The van der Waals surface area contributed by atoms with E-state index in [1.165, 1.54) is 0 Å². The van der Waals surface area contributed by atoms with E-state index in [1.807, 2.05) is 0 Å². The SMILES string of the molecule is [O-]n1nnnc1-c1ncon1. The van der Waals surface area contributed by atoms with Crippen molar-refractivity contribution in [3.63, 3.8) is 0 Å². The van der Waals surface area contributed by atoms with Crippen LogP contribution < -0.4 is 0 Å². The van der Waals surface area contributed by atoms with Crippen molar-refractivity contribution < 1.29 is 4.52 Å². The maximum atomic E-state index is 10.7. The van der Waals surface area contributed by atoms with Gasteiger partial charge in [0.1, 0.15) is 0 Å². The van der Waals surface area contributed by atoms with Gasteiger partial charge in [0, 0.05) is 0 Å². The summed E-state index contributed by atoms with van der Waals surface area (Å²) in [6, 6.07) is 0. The molecule has 0 spiro atoms. The van der Waals surface area contributed by atoms with Gasteiger partial charge >= 0.3 is 0 Å². The molecule has 0 saturated carbocycles. The highest BCUT2D eigenvalue weighted by Crippen LogP contribution is 2.06. The molecule has 0 atom stereocenters. The van der Waals surface area contributed by atoms with E-state index in [0.29, 0.717) is 0 Å². The summed E-state index contributed by atoms with van der Waals surface area (Å²) in [6.45, 7) is 0. The van der Waals surface area contributed by atoms with Crippen LogP contribution in [-0.2, 0) is 0 Å². The molecule has 0 aliphatic rings. The molecule has 0 aliphatic heterocycles. The Balaban J connectivity index is 2.53. The summed E-state index contributed by atoms with van der Waals surface area (Å²) < 4.78 is 4.38. The monoisotopic (exact) mass is 153 g/mol. The van der Waals surface area contributed by atoms with Gasteiger partial charge in [0.15, 0.2) is 0 Å². The normalized spacial score (nSPS) is 10.2. The van der Waals surface area contributed by atoms with Crippen LogP contribution in [0, 0.1) is 5.21 Å². The van der Waals surface area contributed by atoms with Crippen LogP contribution in [0.1, 0.15) is 0 Å². The molecule has 0 amide bonds. The predicted molar refractivity (Wildman–Crippen MR) is 29.9 cm³/mol. The van der Waals surface area contributed by atoms with Crippen LogP contribution in [0.5, 0.6) is 0 Å². The van der Waals surface area contributed by atoms with Crippen LogP contribution in [0.2, 0.25) is 0 Å². The van der Waals surface area contributed by atoms with Gasteiger partial charge in [-0.25, -0.2) is 0 Å². The Morgan fingerprint density at radius 3 is 3.00 bits per heavy atom. The molecule has 0 N–H and O–H groups in total. The Morgan fingerprint density at radius 2 is 2.45 bits per heavy atom. The van der Waals surface area contributed by atoms with E-state index in [4.69, 9.17) is 0 Å². The molecule has 0 unspecified atom stereocenters. The van der Waals surface area contributed by atoms with Gasteiger partial charge < -0.3 is 9.73 Å². The maximum absolute atomic E-state index is 10.7. The zero-order valence-corrected chi connectivity index (χ0v) is 5.08. The van der Waals surface area contributed by atoms with Crippen molar-refractivity contribution in [1.29, 1.82) is 0 Å². The van der Waals surface area contributed by atoms with Crippen LogP contribution in [-0.4, -0.2) is 30.5 Å². The van der Waals surface area contributed by atoms with E-state index >= 15 is 0 Å². The van der Waals surface area contributed by atoms with Gasteiger partial charge in [-0.2, -0.15) is 4.98 Å². The van der Waals surface area contributed by atoms with E-state index in [2.05, 4.69) is 30.2 Å². The molecule has 0 radical (unpaired) electrons. The zero-order valence-electron chi connectivity index (χ0n) is 5.08. The Labute approximate surface area is 59.4 Å². The number of aromatic nitrogens is 6. The summed E-state index contributed by atoms with van der Waals surface area (Å²) in [5.74, 6) is 0.00347. The minimum Gasteiger partial charge on any atom is -0.787 e. The average molecular weight is 153 g/mol. The van der Waals surface area contributed by atoms with Crippen LogP contribution in [0.3, 0.4) is 0 Å². The van der Waals surface area contributed by atoms with Gasteiger partial charge in [0.25, 0.3) is 0 Å². The summed E-state index contributed by atoms with van der Waals surface area (Å²) in [4.78, 5) is 3.79. The van der Waals surface area contributed by atoms with Gasteiger partial charge in [-0.1, -0.05) is 5.16 Å². The molecule has 0 aromatic carbocycles. The summed E-state index contributed by atoms with van der Waals surface area (Å²) in [5, 5.41) is 23.6. The third kappa shape index (κ3) is 0.801. The molecule has 11 heavy (non-hydrogen) atoms. The topological polar surface area (TPSA) is 106 Å². The second kappa shape index (κ2) is 2.01. The number of nitrogens with zero attached hydrogens (tertiary/aromatic N) is 6. The fraction of sp³-hybridized carbons (Fsp3) is 0. The van der Waals surface area contributed by atoms with Crippen molar-refractivity contribution in [2.24, 2.45) is 0 Å². The summed E-state index contributed by atoms with van der Waals surface area (Å²) >= 11 is 0. The standard InChI is InChI=1S/C3HN6O2/c10-9-3(5-7-8-9)2-4-1-11-6-2/h1H/q-1. The molecule has 0 bridgehead atoms. The number of rotatable bonds is 1. The van der Waals surface area contributed by atoms with Crippen molar-refractivity contribution in [3.8, 4) is 11.6 Å². The van der Waals surface area contributed by atoms with E-state index in [9.17, 15) is 5.21 Å². The third-order valence-electron chi connectivity index (χ3n) is 1.00. The average Bonchev–Trinajstić information content (AvgIpc) is 2.55. The fourth-order valence-electron chi connectivity index (χ4n) is 0.579. The lowest BCUT2D eigenvalue weighted by Crippen LogP contribution is -1.93. The first-order valence-corrected chi connectivity index (χ1v) is 2.60. The molecule has 0 saturated heterocycles. The van der Waals surface area contributed by atoms with Crippen LogP contribution in [0.15, 0.2) is 10.9 Å². The van der Waals surface area contributed by atoms with Gasteiger partial charge in [0.2, 0.25) is 18.0 Å². The van der Waals surface area contributed by atoms with Gasteiger partial charge in [-0.3, -0.25) is 4.85 Å². The van der Waals surface area contributed by atoms with Gasteiger partial charge in [0.05, 0.1) is 0 Å². The Morgan fingerprint density at radius 1 is 1.55 bits per heavy atom. The summed E-state index contributed by atoms with van der Waals surface area (Å²) in [7, 11) is 0. The summed E-state index contributed by atoms with van der Waals surface area (Å²) in [6.07, 6.45) is 1.09. The molecule has 2 rings (SSSR count). The molecule has 2 heterocycles. The van der Waals surface area contributed by atoms with E-state index < -0.39 is 0 Å². The first kappa shape index (κ1) is 5.77. The molecule has 8 nitrogen and oxygen atoms in total. The second-order valence-electron chi connectivity index (χ2n) is 1.63. The fourth-order valence-corrected chi connectivity index (χ4v) is 0.579. The largest absolute Gasteiger partial charge is 0.787 e. The highest BCUT2D eigenvalue weighted by molar-refractivity contribution is 5.39. The van der Waals surface area contributed by atoms with Crippen molar-refractivity contribution in [3.05, 3.63) is 11.6 Å². The lowest BCUT2D eigenvalue weighted by Gasteiger charge is -2.00. The number of hydrogen-bond acceptors (Lipinski definition) is 7. The van der Waals surface area contributed by atoms with Crippen molar-refractivity contribution >= 4 is 0 Å². The predicted octanol–water partition coefficient (Wildman–Crippen LogP) is -0.931. The van der Waals surface area contributed by atoms with Crippen molar-refractivity contribution in [1.82, 2.24) is 30.5 Å². The van der Waals surface area contributed by atoms with Crippen LogP contribution in [0.4, 0.5) is 0 Å². The highest BCUT2D eigenvalue weighted by Gasteiger charge is 2.07. The lowest BCUT2D eigenvalue weighted by atomic mass is 10.6. The van der Waals surface area contributed by atoms with E-state index in [0.717, 1.165) is 6.39 Å². The van der Waals surface area contributed by atoms with Gasteiger partial charge in [-0.05, 0) is 10.4 Å². The maximum Gasteiger partial charge on any atom is 0.241 e. The lowest BCUT2D eigenvalue weighted by molar-refractivity contribution is 0.418. The van der Waals surface area contributed by atoms with E-state index in [-0.39, 0.29) is 16.5 Å². The molecule has 0 aliphatic carbocycles. The Kier molecular flexibility index (Phi) is 1.05. The van der Waals surface area contributed by atoms with Gasteiger partial charge in [-0.15, -0.1) is 5.10 Å². The minimum absolute atomic E-state index is 0.0706. The zero-order chi connectivity index (χ0) is 7.68. The van der Waals surface area contributed by atoms with Crippen molar-refractivity contribution in [2.75, 3.05) is 0 Å². The van der Waals surface area contributed by atoms with E-state index in [1.54, 1.807) is 0 Å². The number of hydrogen-bond donors (Lipinski definition) is 0. The Hall–Kier alpha value is -1.99. The quantitative estimate of drug-likeness (QED) is 0.520. The second-order valence-corrected chi connectivity index (χ2v) is 1.63. The molecule has 0 fully saturated rings. The molecule has 8 heteroatoms. The number of tetrazole rings is 1. The molecule has 2 aromatic rings. The third-order valence-corrected chi connectivity index (χ3v) is 1.00. The first-order valence-electron chi connectivity index (χ1n) is 2.60. The molecular formula is C3HN6O2-. The summed E-state index contributed by atoms with van der Waals surface area (Å²) in [5.41, 5.74) is 0. The molecule has 56 valence electrons. The Bertz CT molecular complexity index is 338. The minimum atomic E-state index is -0.0706. The first-order chi connectivity index (χ1) is 5.38. The van der Waals surface area contributed by atoms with Crippen LogP contribution in [0.25, 0.3) is 11.6 Å². The highest BCUT2D eigenvalue weighted by atomic mass is 16.5. The smallest absolute Gasteiger partial charge is 0.241 e. The molecule has 2 aromatic heterocycles.